The third-order valence-electron chi connectivity index (χ3n) is 3.90. The van der Waals surface area contributed by atoms with E-state index in [9.17, 15) is 0 Å². The van der Waals surface area contributed by atoms with Gasteiger partial charge >= 0.3 is 0 Å². The number of para-hydroxylation sites is 1. The summed E-state index contributed by atoms with van der Waals surface area (Å²) in [5.74, 6) is 0. The average Bonchev–Trinajstić information content (AvgIpc) is 3.15. The Bertz CT molecular complexity index is 904. The number of aromatic nitrogens is 2. The van der Waals surface area contributed by atoms with Gasteiger partial charge in [0.05, 0.1) is 0 Å². The third-order valence-corrected chi connectivity index (χ3v) is 4.72. The van der Waals surface area contributed by atoms with Crippen molar-refractivity contribution >= 4 is 33.1 Å². The molecular weight excluding hydrogens is 276 g/mol. The molecule has 0 saturated carbocycles. The van der Waals surface area contributed by atoms with Gasteiger partial charge in [0.2, 0.25) is 0 Å². The summed E-state index contributed by atoms with van der Waals surface area (Å²) in [5.41, 5.74) is 3.85. The lowest BCUT2D eigenvalue weighted by molar-refractivity contribution is 0.724. The Labute approximate surface area is 127 Å². The Balaban J connectivity index is 2.05. The van der Waals surface area contributed by atoms with Crippen LogP contribution >= 0.6 is 11.3 Å². The first kappa shape index (κ1) is 12.6. The normalized spacial score (nSPS) is 11.5. The summed E-state index contributed by atoms with van der Waals surface area (Å²) in [7, 11) is 0. The summed E-state index contributed by atoms with van der Waals surface area (Å²) in [6, 6.07) is 15.4. The molecule has 0 unspecified atom stereocenters. The van der Waals surface area contributed by atoms with Crippen molar-refractivity contribution in [3.05, 3.63) is 54.0 Å². The third kappa shape index (κ3) is 1.96. The van der Waals surface area contributed by atoms with Gasteiger partial charge in [0.1, 0.15) is 5.01 Å². The molecule has 0 radical (unpaired) electrons. The fourth-order valence-corrected chi connectivity index (χ4v) is 3.65. The lowest BCUT2D eigenvalue weighted by atomic mass is 10.1. The van der Waals surface area contributed by atoms with Crippen molar-refractivity contribution in [3.8, 4) is 10.6 Å². The Morgan fingerprint density at radius 2 is 1.90 bits per heavy atom. The number of benzene rings is 2. The highest BCUT2D eigenvalue weighted by molar-refractivity contribution is 7.13. The van der Waals surface area contributed by atoms with Gasteiger partial charge in [-0.25, -0.2) is 4.98 Å². The van der Waals surface area contributed by atoms with Crippen molar-refractivity contribution in [3.63, 3.8) is 0 Å². The maximum Gasteiger partial charge on any atom is 0.123 e. The van der Waals surface area contributed by atoms with E-state index >= 15 is 0 Å². The number of rotatable bonds is 3. The molecule has 3 heteroatoms. The van der Waals surface area contributed by atoms with E-state index in [1.807, 2.05) is 11.6 Å². The first-order valence-electron chi connectivity index (χ1n) is 7.29. The van der Waals surface area contributed by atoms with E-state index in [-0.39, 0.29) is 0 Å². The molecule has 0 spiro atoms. The molecule has 0 bridgehead atoms. The quantitative estimate of drug-likeness (QED) is 0.499. The zero-order valence-electron chi connectivity index (χ0n) is 11.9. The number of hydrogen-bond donors (Lipinski definition) is 0. The maximum absolute atomic E-state index is 4.43. The van der Waals surface area contributed by atoms with Gasteiger partial charge in [0.15, 0.2) is 0 Å². The second-order valence-electron chi connectivity index (χ2n) is 5.24. The smallest absolute Gasteiger partial charge is 0.123 e. The highest BCUT2D eigenvalue weighted by atomic mass is 32.1. The zero-order valence-corrected chi connectivity index (χ0v) is 12.7. The fourth-order valence-electron chi connectivity index (χ4n) is 3.02. The molecule has 0 atom stereocenters. The molecule has 0 aliphatic rings. The predicted octanol–water partition coefficient (Wildman–Crippen LogP) is 5.33. The van der Waals surface area contributed by atoms with Gasteiger partial charge in [-0.05, 0) is 30.7 Å². The second-order valence-corrected chi connectivity index (χ2v) is 6.13. The molecule has 0 amide bonds. The maximum atomic E-state index is 4.43. The molecule has 2 heterocycles. The Morgan fingerprint density at radius 3 is 2.71 bits per heavy atom. The summed E-state index contributed by atoms with van der Waals surface area (Å²) in [6.45, 7) is 3.28. The van der Waals surface area contributed by atoms with E-state index in [1.54, 1.807) is 11.3 Å². The number of hydrogen-bond acceptors (Lipinski definition) is 2. The summed E-state index contributed by atoms with van der Waals surface area (Å²) in [4.78, 5) is 4.43. The van der Waals surface area contributed by atoms with Crippen molar-refractivity contribution in [1.82, 2.24) is 9.55 Å². The van der Waals surface area contributed by atoms with Gasteiger partial charge in [-0.2, -0.15) is 0 Å². The van der Waals surface area contributed by atoms with Crippen LogP contribution in [0.5, 0.6) is 0 Å². The van der Waals surface area contributed by atoms with E-state index in [4.69, 9.17) is 0 Å². The van der Waals surface area contributed by atoms with Gasteiger partial charge in [-0.3, -0.25) is 0 Å². The first-order valence-corrected chi connectivity index (χ1v) is 8.17. The van der Waals surface area contributed by atoms with E-state index < -0.39 is 0 Å². The lowest BCUT2D eigenvalue weighted by Crippen LogP contribution is -1.95. The van der Waals surface area contributed by atoms with Crippen molar-refractivity contribution < 1.29 is 0 Å². The van der Waals surface area contributed by atoms with E-state index in [0.29, 0.717) is 0 Å². The van der Waals surface area contributed by atoms with Gasteiger partial charge in [-0.1, -0.05) is 25.1 Å². The van der Waals surface area contributed by atoms with Crippen LogP contribution < -0.4 is 0 Å². The van der Waals surface area contributed by atoms with Crippen molar-refractivity contribution in [2.45, 2.75) is 19.9 Å². The summed E-state index contributed by atoms with van der Waals surface area (Å²) < 4.78 is 2.43. The molecule has 2 aromatic heterocycles. The molecule has 21 heavy (non-hydrogen) atoms. The van der Waals surface area contributed by atoms with Crippen LogP contribution in [0.3, 0.4) is 0 Å². The molecular formula is C18H16N2S. The monoisotopic (exact) mass is 292 g/mol. The molecule has 0 N–H and O–H groups in total. The molecule has 0 aliphatic carbocycles. The summed E-state index contributed by atoms with van der Waals surface area (Å²) in [6.07, 6.45) is 3.01. The minimum Gasteiger partial charge on any atom is -0.340 e. The number of nitrogens with zero attached hydrogens (tertiary/aromatic N) is 2. The molecule has 2 aromatic carbocycles. The fraction of sp³-hybridized carbons (Fsp3) is 0.167. The summed E-state index contributed by atoms with van der Waals surface area (Å²) in [5, 5.41) is 5.77. The van der Waals surface area contributed by atoms with Crippen LogP contribution in [0, 0.1) is 0 Å². The van der Waals surface area contributed by atoms with Crippen LogP contribution in [-0.4, -0.2) is 9.55 Å². The van der Waals surface area contributed by atoms with E-state index in [0.717, 1.165) is 18.0 Å². The largest absolute Gasteiger partial charge is 0.340 e. The van der Waals surface area contributed by atoms with Crippen LogP contribution in [-0.2, 0) is 6.54 Å². The Hall–Kier alpha value is -2.13. The van der Waals surface area contributed by atoms with Gasteiger partial charge < -0.3 is 4.57 Å². The van der Waals surface area contributed by atoms with Crippen LogP contribution in [0.25, 0.3) is 32.4 Å². The van der Waals surface area contributed by atoms with Crippen LogP contribution in [0.15, 0.2) is 54.0 Å². The number of fused-ring (bicyclic) bond motifs is 3. The Kier molecular flexibility index (Phi) is 3.00. The highest BCUT2D eigenvalue weighted by Gasteiger charge is 2.11. The minimum atomic E-state index is 1.06. The van der Waals surface area contributed by atoms with Gasteiger partial charge in [0, 0.05) is 45.5 Å². The molecule has 0 fully saturated rings. The van der Waals surface area contributed by atoms with Crippen molar-refractivity contribution in [2.24, 2.45) is 0 Å². The van der Waals surface area contributed by atoms with Crippen LogP contribution in [0.1, 0.15) is 13.3 Å². The zero-order chi connectivity index (χ0) is 14.2. The van der Waals surface area contributed by atoms with Crippen LogP contribution in [0.2, 0.25) is 0 Å². The van der Waals surface area contributed by atoms with Gasteiger partial charge in [0.25, 0.3) is 0 Å². The Morgan fingerprint density at radius 1 is 1.05 bits per heavy atom. The average molecular weight is 292 g/mol. The topological polar surface area (TPSA) is 17.8 Å². The first-order chi connectivity index (χ1) is 10.4. The summed E-state index contributed by atoms with van der Waals surface area (Å²) >= 11 is 1.69. The molecule has 0 saturated heterocycles. The molecule has 4 rings (SSSR count). The predicted molar refractivity (Wildman–Crippen MR) is 90.8 cm³/mol. The number of aryl methyl sites for hydroxylation is 1. The van der Waals surface area contributed by atoms with Crippen molar-refractivity contribution in [1.29, 1.82) is 0 Å². The highest BCUT2D eigenvalue weighted by Crippen LogP contribution is 2.33. The van der Waals surface area contributed by atoms with Crippen molar-refractivity contribution in [2.75, 3.05) is 0 Å². The van der Waals surface area contributed by atoms with Gasteiger partial charge in [-0.15, -0.1) is 11.3 Å². The number of thiazole rings is 1. The standard InChI is InChI=1S/C18H16N2S/c1-2-10-20-16-6-4-3-5-14(16)15-12-13(7-8-17(15)20)18-19-9-11-21-18/h3-9,11-12H,2,10H2,1H3. The molecule has 0 aliphatic heterocycles. The second kappa shape index (κ2) is 5.01. The van der Waals surface area contributed by atoms with E-state index in [2.05, 4.69) is 58.9 Å². The SMILES string of the molecule is CCCn1c2ccccc2c2cc(-c3nccs3)ccc21. The molecule has 104 valence electrons. The van der Waals surface area contributed by atoms with E-state index in [1.165, 1.54) is 27.4 Å². The molecule has 2 nitrogen and oxygen atoms in total. The van der Waals surface area contributed by atoms with Crippen LogP contribution in [0.4, 0.5) is 0 Å². The lowest BCUT2D eigenvalue weighted by Gasteiger charge is -2.05. The molecule has 4 aromatic rings. The minimum absolute atomic E-state index is 1.06.